The molecule has 0 aliphatic heterocycles. The van der Waals surface area contributed by atoms with Crippen LogP contribution in [0.5, 0.6) is 5.75 Å². The van der Waals surface area contributed by atoms with E-state index in [1.807, 2.05) is 54.6 Å². The van der Waals surface area contributed by atoms with E-state index in [0.717, 1.165) is 33.5 Å². The van der Waals surface area contributed by atoms with Crippen LogP contribution < -0.4 is 4.74 Å². The number of hydrogen-bond donors (Lipinski definition) is 0. The molecule has 0 unspecified atom stereocenters. The number of benzene rings is 1. The van der Waals surface area contributed by atoms with Crippen molar-refractivity contribution < 1.29 is 4.74 Å². The van der Waals surface area contributed by atoms with Crippen LogP contribution in [0, 0.1) is 0 Å². The van der Waals surface area contributed by atoms with Gasteiger partial charge in [-0.05, 0) is 29.8 Å². The minimum atomic E-state index is 0.672. The van der Waals surface area contributed by atoms with E-state index in [9.17, 15) is 0 Å². The van der Waals surface area contributed by atoms with Crippen molar-refractivity contribution in [3.8, 4) is 28.1 Å². The summed E-state index contributed by atoms with van der Waals surface area (Å²) in [5, 5.41) is 0.895. The Morgan fingerprint density at radius 1 is 0.792 bits per heavy atom. The topological polar surface area (TPSA) is 47.9 Å². The SMILES string of the molecule is COc1c(-c2ccncc2)c(-c2ccccc2)nc2ncccc12. The predicted molar refractivity (Wildman–Crippen MR) is 94.8 cm³/mol. The first-order chi connectivity index (χ1) is 11.9. The Kier molecular flexibility index (Phi) is 3.63. The van der Waals surface area contributed by atoms with Crippen molar-refractivity contribution in [3.63, 3.8) is 0 Å². The lowest BCUT2D eigenvalue weighted by atomic mass is 9.97. The van der Waals surface area contributed by atoms with Crippen LogP contribution in [0.25, 0.3) is 33.4 Å². The van der Waals surface area contributed by atoms with E-state index in [1.165, 1.54) is 0 Å². The molecular formula is C20H15N3O. The van der Waals surface area contributed by atoms with Gasteiger partial charge in [0.15, 0.2) is 5.65 Å². The lowest BCUT2D eigenvalue weighted by molar-refractivity contribution is 0.421. The van der Waals surface area contributed by atoms with Crippen molar-refractivity contribution in [1.82, 2.24) is 15.0 Å². The van der Waals surface area contributed by atoms with Crippen molar-refractivity contribution in [2.75, 3.05) is 7.11 Å². The maximum Gasteiger partial charge on any atom is 0.163 e. The van der Waals surface area contributed by atoms with Gasteiger partial charge in [-0.3, -0.25) is 4.98 Å². The summed E-state index contributed by atoms with van der Waals surface area (Å²) < 4.78 is 5.77. The van der Waals surface area contributed by atoms with Crippen molar-refractivity contribution in [2.45, 2.75) is 0 Å². The molecule has 116 valence electrons. The highest BCUT2D eigenvalue weighted by Crippen LogP contribution is 2.41. The summed E-state index contributed by atoms with van der Waals surface area (Å²) in [5.74, 6) is 0.776. The smallest absolute Gasteiger partial charge is 0.163 e. The normalized spacial score (nSPS) is 10.7. The van der Waals surface area contributed by atoms with Crippen LogP contribution in [0.4, 0.5) is 0 Å². The Morgan fingerprint density at radius 3 is 2.33 bits per heavy atom. The highest BCUT2D eigenvalue weighted by Gasteiger charge is 2.19. The average molecular weight is 313 g/mol. The Morgan fingerprint density at radius 2 is 1.58 bits per heavy atom. The number of hydrogen-bond acceptors (Lipinski definition) is 4. The minimum Gasteiger partial charge on any atom is -0.495 e. The summed E-state index contributed by atoms with van der Waals surface area (Å²) in [6.07, 6.45) is 5.30. The van der Waals surface area contributed by atoms with E-state index < -0.39 is 0 Å². The van der Waals surface area contributed by atoms with Gasteiger partial charge in [0, 0.05) is 24.2 Å². The molecule has 3 aromatic heterocycles. The molecule has 0 amide bonds. The molecule has 0 radical (unpaired) electrons. The highest BCUT2D eigenvalue weighted by atomic mass is 16.5. The van der Waals surface area contributed by atoms with Crippen molar-refractivity contribution >= 4 is 11.0 Å². The molecule has 0 N–H and O–H groups in total. The average Bonchev–Trinajstić information content (AvgIpc) is 2.67. The van der Waals surface area contributed by atoms with Gasteiger partial charge in [-0.1, -0.05) is 30.3 Å². The van der Waals surface area contributed by atoms with Crippen LogP contribution in [0.15, 0.2) is 73.2 Å². The number of rotatable bonds is 3. The molecule has 0 fully saturated rings. The monoisotopic (exact) mass is 313 g/mol. The Bertz CT molecular complexity index is 986. The number of pyridine rings is 3. The maximum atomic E-state index is 5.77. The minimum absolute atomic E-state index is 0.672. The molecule has 1 aromatic carbocycles. The fraction of sp³-hybridized carbons (Fsp3) is 0.0500. The van der Waals surface area contributed by atoms with Gasteiger partial charge in [-0.25, -0.2) is 9.97 Å². The number of ether oxygens (including phenoxy) is 1. The molecule has 24 heavy (non-hydrogen) atoms. The number of methoxy groups -OCH3 is 1. The molecule has 0 atom stereocenters. The second kappa shape index (κ2) is 6.08. The van der Waals surface area contributed by atoms with Gasteiger partial charge in [-0.15, -0.1) is 0 Å². The van der Waals surface area contributed by atoms with E-state index in [0.29, 0.717) is 5.65 Å². The fourth-order valence-corrected chi connectivity index (χ4v) is 2.87. The lowest BCUT2D eigenvalue weighted by Gasteiger charge is -2.16. The Hall–Kier alpha value is -3.27. The van der Waals surface area contributed by atoms with Crippen LogP contribution in [-0.4, -0.2) is 22.1 Å². The van der Waals surface area contributed by atoms with Gasteiger partial charge >= 0.3 is 0 Å². The third-order valence-corrected chi connectivity index (χ3v) is 3.93. The van der Waals surface area contributed by atoms with Gasteiger partial charge in [0.1, 0.15) is 5.75 Å². The van der Waals surface area contributed by atoms with E-state index in [-0.39, 0.29) is 0 Å². The number of aromatic nitrogens is 3. The zero-order chi connectivity index (χ0) is 16.4. The zero-order valence-corrected chi connectivity index (χ0v) is 13.2. The lowest BCUT2D eigenvalue weighted by Crippen LogP contribution is -1.98. The summed E-state index contributed by atoms with van der Waals surface area (Å²) in [6, 6.07) is 17.9. The second-order valence-electron chi connectivity index (χ2n) is 5.35. The van der Waals surface area contributed by atoms with Gasteiger partial charge in [0.05, 0.1) is 23.8 Å². The fourth-order valence-electron chi connectivity index (χ4n) is 2.87. The van der Waals surface area contributed by atoms with Crippen molar-refractivity contribution in [2.24, 2.45) is 0 Å². The summed E-state index contributed by atoms with van der Waals surface area (Å²) in [5.41, 5.74) is 4.51. The Balaban J connectivity index is 2.13. The van der Waals surface area contributed by atoms with E-state index in [2.05, 4.69) is 9.97 Å². The third kappa shape index (κ3) is 2.38. The number of nitrogens with zero attached hydrogens (tertiary/aromatic N) is 3. The summed E-state index contributed by atoms with van der Waals surface area (Å²) >= 11 is 0. The zero-order valence-electron chi connectivity index (χ0n) is 13.2. The molecule has 4 nitrogen and oxygen atoms in total. The van der Waals surface area contributed by atoms with Crippen molar-refractivity contribution in [1.29, 1.82) is 0 Å². The molecule has 0 aliphatic carbocycles. The van der Waals surface area contributed by atoms with Crippen LogP contribution in [0.2, 0.25) is 0 Å². The van der Waals surface area contributed by atoms with Crippen molar-refractivity contribution in [3.05, 3.63) is 73.2 Å². The summed E-state index contributed by atoms with van der Waals surface area (Å²) in [4.78, 5) is 13.3. The molecule has 4 aromatic rings. The largest absolute Gasteiger partial charge is 0.495 e. The molecule has 0 bridgehead atoms. The molecule has 0 aliphatic rings. The first kappa shape index (κ1) is 14.3. The van der Waals surface area contributed by atoms with Crippen LogP contribution in [0.1, 0.15) is 0 Å². The second-order valence-corrected chi connectivity index (χ2v) is 5.35. The van der Waals surface area contributed by atoms with E-state index >= 15 is 0 Å². The molecule has 4 heteroatoms. The molecule has 0 spiro atoms. The van der Waals surface area contributed by atoms with Gasteiger partial charge in [0.25, 0.3) is 0 Å². The third-order valence-electron chi connectivity index (χ3n) is 3.93. The Labute approximate surface area is 139 Å². The predicted octanol–water partition coefficient (Wildman–Crippen LogP) is 4.37. The van der Waals surface area contributed by atoms with Gasteiger partial charge in [0.2, 0.25) is 0 Å². The van der Waals surface area contributed by atoms with Crippen LogP contribution in [0.3, 0.4) is 0 Å². The quantitative estimate of drug-likeness (QED) is 0.563. The molecular weight excluding hydrogens is 298 g/mol. The standard InChI is InChI=1S/C20H15N3O/c1-24-19-16-8-5-11-22-20(16)23-18(15-6-3-2-4-7-15)17(19)14-9-12-21-13-10-14/h2-13H,1H3. The highest BCUT2D eigenvalue weighted by molar-refractivity contribution is 5.97. The molecule has 0 saturated heterocycles. The maximum absolute atomic E-state index is 5.77. The van der Waals surface area contributed by atoms with E-state index in [4.69, 9.17) is 9.72 Å². The molecule has 0 saturated carbocycles. The first-order valence-electron chi connectivity index (χ1n) is 7.67. The first-order valence-corrected chi connectivity index (χ1v) is 7.67. The number of fused-ring (bicyclic) bond motifs is 1. The summed E-state index contributed by atoms with van der Waals surface area (Å²) in [6.45, 7) is 0. The molecule has 4 rings (SSSR count). The summed E-state index contributed by atoms with van der Waals surface area (Å²) in [7, 11) is 1.68. The van der Waals surface area contributed by atoms with Crippen LogP contribution in [-0.2, 0) is 0 Å². The van der Waals surface area contributed by atoms with E-state index in [1.54, 1.807) is 25.7 Å². The van der Waals surface area contributed by atoms with Gasteiger partial charge in [-0.2, -0.15) is 0 Å². The van der Waals surface area contributed by atoms with Crippen LogP contribution >= 0.6 is 0 Å². The molecule has 3 heterocycles. The van der Waals surface area contributed by atoms with Gasteiger partial charge < -0.3 is 4.74 Å².